The van der Waals surface area contributed by atoms with Crippen molar-refractivity contribution < 1.29 is 4.79 Å². The van der Waals surface area contributed by atoms with Crippen LogP contribution in [-0.2, 0) is 0 Å². The van der Waals surface area contributed by atoms with E-state index in [1.54, 1.807) is 48.7 Å². The van der Waals surface area contributed by atoms with Crippen LogP contribution in [0.4, 0.5) is 0 Å². The van der Waals surface area contributed by atoms with Crippen molar-refractivity contribution in [2.45, 2.75) is 0 Å². The van der Waals surface area contributed by atoms with Crippen LogP contribution in [0, 0.1) is 12.3 Å². The summed E-state index contributed by atoms with van der Waals surface area (Å²) in [5.74, 6) is 2.41. The van der Waals surface area contributed by atoms with Gasteiger partial charge in [-0.3, -0.25) is 9.78 Å². The third-order valence-electron chi connectivity index (χ3n) is 2.21. The van der Waals surface area contributed by atoms with Crippen LogP contribution in [0.25, 0.3) is 0 Å². The van der Waals surface area contributed by atoms with Gasteiger partial charge in [0.15, 0.2) is 0 Å². The molecule has 0 amide bonds. The number of carbonyl (C=O) groups excluding carboxylic acids is 1. The van der Waals surface area contributed by atoms with E-state index in [0.717, 1.165) is 5.56 Å². The summed E-state index contributed by atoms with van der Waals surface area (Å²) in [5.41, 5.74) is 1.80. The predicted molar refractivity (Wildman–Crippen MR) is 62.0 cm³/mol. The fourth-order valence-corrected chi connectivity index (χ4v) is 1.36. The molecule has 0 saturated carbocycles. The molecule has 2 aromatic rings. The van der Waals surface area contributed by atoms with Crippen molar-refractivity contribution in [3.05, 3.63) is 65.5 Å². The van der Waals surface area contributed by atoms with Crippen molar-refractivity contribution in [1.82, 2.24) is 4.98 Å². The highest BCUT2D eigenvalue weighted by Gasteiger charge is 2.08. The third kappa shape index (κ3) is 1.99. The van der Waals surface area contributed by atoms with E-state index in [1.807, 2.05) is 0 Å². The number of nitrogens with zero attached hydrogens (tertiary/aromatic N) is 1. The minimum absolute atomic E-state index is 0.0934. The molecular formula is C14H9NO. The van der Waals surface area contributed by atoms with Gasteiger partial charge in [-0.1, -0.05) is 12.0 Å². The average molecular weight is 207 g/mol. The molecule has 2 rings (SSSR count). The van der Waals surface area contributed by atoms with E-state index in [-0.39, 0.29) is 5.78 Å². The molecule has 0 unspecified atom stereocenters. The molecule has 0 N–H and O–H groups in total. The molecule has 0 spiro atoms. The Bertz CT molecular complexity index is 535. The summed E-state index contributed by atoms with van der Waals surface area (Å²) >= 11 is 0. The van der Waals surface area contributed by atoms with Crippen LogP contribution >= 0.6 is 0 Å². The van der Waals surface area contributed by atoms with Gasteiger partial charge in [-0.25, -0.2) is 0 Å². The molecule has 76 valence electrons. The number of benzene rings is 1. The van der Waals surface area contributed by atoms with E-state index in [4.69, 9.17) is 6.42 Å². The van der Waals surface area contributed by atoms with Gasteiger partial charge < -0.3 is 0 Å². The van der Waals surface area contributed by atoms with Crippen molar-refractivity contribution >= 4 is 5.78 Å². The van der Waals surface area contributed by atoms with Crippen molar-refractivity contribution in [1.29, 1.82) is 0 Å². The SMILES string of the molecule is C#Cc1ccc(C(=O)c2ccccn2)cc1. The molecule has 0 saturated heterocycles. The molecule has 2 heteroatoms. The van der Waals surface area contributed by atoms with Gasteiger partial charge in [0.2, 0.25) is 5.78 Å². The van der Waals surface area contributed by atoms with Crippen LogP contribution < -0.4 is 0 Å². The van der Waals surface area contributed by atoms with Crippen molar-refractivity contribution in [2.24, 2.45) is 0 Å². The van der Waals surface area contributed by atoms with Crippen LogP contribution in [0.5, 0.6) is 0 Å². The second-order valence-corrected chi connectivity index (χ2v) is 3.27. The second kappa shape index (κ2) is 4.41. The molecule has 16 heavy (non-hydrogen) atoms. The molecule has 1 aromatic heterocycles. The topological polar surface area (TPSA) is 30.0 Å². The summed E-state index contributed by atoms with van der Waals surface area (Å²) in [7, 11) is 0. The molecule has 1 heterocycles. The van der Waals surface area contributed by atoms with Gasteiger partial charge in [-0.05, 0) is 36.4 Å². The summed E-state index contributed by atoms with van der Waals surface area (Å²) in [6.45, 7) is 0. The summed E-state index contributed by atoms with van der Waals surface area (Å²) in [6, 6.07) is 12.2. The Kier molecular flexibility index (Phi) is 2.79. The first-order valence-corrected chi connectivity index (χ1v) is 4.83. The predicted octanol–water partition coefficient (Wildman–Crippen LogP) is 2.29. The summed E-state index contributed by atoms with van der Waals surface area (Å²) in [6.07, 6.45) is 6.84. The van der Waals surface area contributed by atoms with Gasteiger partial charge in [0.05, 0.1) is 0 Å². The fourth-order valence-electron chi connectivity index (χ4n) is 1.36. The largest absolute Gasteiger partial charge is 0.287 e. The Labute approximate surface area is 94.0 Å². The van der Waals surface area contributed by atoms with E-state index in [0.29, 0.717) is 11.3 Å². The minimum atomic E-state index is -0.0934. The number of hydrogen-bond acceptors (Lipinski definition) is 2. The second-order valence-electron chi connectivity index (χ2n) is 3.27. The zero-order valence-electron chi connectivity index (χ0n) is 8.55. The van der Waals surface area contributed by atoms with Crippen LogP contribution in [0.3, 0.4) is 0 Å². The molecule has 0 atom stereocenters. The van der Waals surface area contributed by atoms with Gasteiger partial charge in [-0.15, -0.1) is 6.42 Å². The monoisotopic (exact) mass is 207 g/mol. The zero-order valence-corrected chi connectivity index (χ0v) is 8.55. The maximum atomic E-state index is 11.9. The summed E-state index contributed by atoms with van der Waals surface area (Å²) < 4.78 is 0. The zero-order chi connectivity index (χ0) is 11.4. The lowest BCUT2D eigenvalue weighted by Gasteiger charge is -1.99. The van der Waals surface area contributed by atoms with E-state index in [1.165, 1.54) is 0 Å². The fraction of sp³-hybridized carbons (Fsp3) is 0. The molecule has 0 aliphatic rings. The highest BCUT2D eigenvalue weighted by molar-refractivity contribution is 6.07. The minimum Gasteiger partial charge on any atom is -0.287 e. The molecule has 0 fully saturated rings. The number of hydrogen-bond donors (Lipinski definition) is 0. The maximum Gasteiger partial charge on any atom is 0.211 e. The lowest BCUT2D eigenvalue weighted by Crippen LogP contribution is -2.03. The van der Waals surface area contributed by atoms with E-state index < -0.39 is 0 Å². The smallest absolute Gasteiger partial charge is 0.211 e. The van der Waals surface area contributed by atoms with Gasteiger partial charge >= 0.3 is 0 Å². The van der Waals surface area contributed by atoms with Crippen LogP contribution in [0.2, 0.25) is 0 Å². The Hall–Kier alpha value is -2.40. The van der Waals surface area contributed by atoms with E-state index in [9.17, 15) is 4.79 Å². The van der Waals surface area contributed by atoms with Gasteiger partial charge in [0, 0.05) is 17.3 Å². The van der Waals surface area contributed by atoms with Gasteiger partial charge in [0.1, 0.15) is 5.69 Å². The highest BCUT2D eigenvalue weighted by Crippen LogP contribution is 2.08. The number of carbonyl (C=O) groups is 1. The average Bonchev–Trinajstić information content (AvgIpc) is 2.39. The molecule has 0 aliphatic heterocycles. The Morgan fingerprint density at radius 1 is 1.12 bits per heavy atom. The standard InChI is InChI=1S/C14H9NO/c1-2-11-6-8-12(9-7-11)14(16)13-5-3-4-10-15-13/h1,3-10H. The van der Waals surface area contributed by atoms with E-state index in [2.05, 4.69) is 10.9 Å². The van der Waals surface area contributed by atoms with Crippen molar-refractivity contribution in [3.63, 3.8) is 0 Å². The van der Waals surface area contributed by atoms with Crippen LogP contribution in [0.1, 0.15) is 21.6 Å². The Morgan fingerprint density at radius 3 is 2.44 bits per heavy atom. The lowest BCUT2D eigenvalue weighted by molar-refractivity contribution is 0.103. The Balaban J connectivity index is 2.32. The summed E-state index contributed by atoms with van der Waals surface area (Å²) in [4.78, 5) is 15.9. The summed E-state index contributed by atoms with van der Waals surface area (Å²) in [5, 5.41) is 0. The molecule has 1 aromatic carbocycles. The van der Waals surface area contributed by atoms with Crippen molar-refractivity contribution in [3.8, 4) is 12.3 Å². The normalized spacial score (nSPS) is 9.44. The van der Waals surface area contributed by atoms with Crippen molar-refractivity contribution in [2.75, 3.05) is 0 Å². The number of rotatable bonds is 2. The molecule has 0 radical (unpaired) electrons. The lowest BCUT2D eigenvalue weighted by atomic mass is 10.1. The molecular weight excluding hydrogens is 198 g/mol. The van der Waals surface area contributed by atoms with Crippen LogP contribution in [-0.4, -0.2) is 10.8 Å². The Morgan fingerprint density at radius 2 is 1.88 bits per heavy atom. The maximum absolute atomic E-state index is 11.9. The highest BCUT2D eigenvalue weighted by atomic mass is 16.1. The number of ketones is 1. The van der Waals surface area contributed by atoms with Gasteiger partial charge in [0.25, 0.3) is 0 Å². The van der Waals surface area contributed by atoms with Gasteiger partial charge in [-0.2, -0.15) is 0 Å². The van der Waals surface area contributed by atoms with Crippen LogP contribution in [0.15, 0.2) is 48.7 Å². The number of pyridine rings is 1. The first kappa shape index (κ1) is 10.1. The quantitative estimate of drug-likeness (QED) is 0.558. The number of terminal acetylenes is 1. The van der Waals surface area contributed by atoms with E-state index >= 15 is 0 Å². The first-order chi connectivity index (χ1) is 7.81. The molecule has 2 nitrogen and oxygen atoms in total. The third-order valence-corrected chi connectivity index (χ3v) is 2.21. The first-order valence-electron chi connectivity index (χ1n) is 4.83. The molecule has 0 aliphatic carbocycles. The number of aromatic nitrogens is 1. The molecule has 0 bridgehead atoms.